The number of nitrogens with one attached hydrogen (secondary N) is 1. The number of hydrogen-bond donors (Lipinski definition) is 1. The summed E-state index contributed by atoms with van der Waals surface area (Å²) in [5.41, 5.74) is 2.44. The molecular formula is C17H18ClN3O2. The van der Waals surface area contributed by atoms with Gasteiger partial charge in [0.1, 0.15) is 16.7 Å². The van der Waals surface area contributed by atoms with Crippen LogP contribution in [0, 0.1) is 6.92 Å². The summed E-state index contributed by atoms with van der Waals surface area (Å²) in [5.74, 6) is 0.902. The molecule has 2 aromatic rings. The molecule has 1 aliphatic carbocycles. The van der Waals surface area contributed by atoms with Gasteiger partial charge in [-0.3, -0.25) is 0 Å². The molecule has 1 aliphatic rings. The topological polar surface area (TPSA) is 64.1 Å². The summed E-state index contributed by atoms with van der Waals surface area (Å²) in [7, 11) is 1.32. The first-order valence-corrected chi connectivity index (χ1v) is 7.91. The van der Waals surface area contributed by atoms with Crippen LogP contribution in [0.5, 0.6) is 0 Å². The van der Waals surface area contributed by atoms with Gasteiger partial charge in [0.15, 0.2) is 5.69 Å². The van der Waals surface area contributed by atoms with Gasteiger partial charge in [0.2, 0.25) is 0 Å². The molecule has 0 unspecified atom stereocenters. The van der Waals surface area contributed by atoms with Crippen molar-refractivity contribution in [3.05, 3.63) is 51.9 Å². The summed E-state index contributed by atoms with van der Waals surface area (Å²) in [4.78, 5) is 20.6. The lowest BCUT2D eigenvalue weighted by molar-refractivity contribution is 0.0593. The minimum atomic E-state index is -0.544. The zero-order valence-corrected chi connectivity index (χ0v) is 13.9. The predicted molar refractivity (Wildman–Crippen MR) is 88.9 cm³/mol. The lowest BCUT2D eigenvalue weighted by Gasteiger charge is -2.12. The van der Waals surface area contributed by atoms with Gasteiger partial charge < -0.3 is 10.1 Å². The second-order valence-corrected chi connectivity index (χ2v) is 6.08. The summed E-state index contributed by atoms with van der Waals surface area (Å²) >= 11 is 6.28. The van der Waals surface area contributed by atoms with E-state index in [2.05, 4.69) is 15.3 Å². The Morgan fingerprint density at radius 2 is 2.00 bits per heavy atom. The van der Waals surface area contributed by atoms with Crippen LogP contribution in [0.3, 0.4) is 0 Å². The number of benzene rings is 1. The molecule has 1 N–H and O–H groups in total. The molecule has 0 atom stereocenters. The molecule has 3 rings (SSSR count). The lowest BCUT2D eigenvalue weighted by Crippen LogP contribution is -2.12. The van der Waals surface area contributed by atoms with Crippen LogP contribution in [0.4, 0.5) is 5.82 Å². The third-order valence-electron chi connectivity index (χ3n) is 3.77. The average molecular weight is 332 g/mol. The second kappa shape index (κ2) is 6.54. The number of carbonyl (C=O) groups excluding carboxylic acids is 1. The largest absolute Gasteiger partial charge is 0.464 e. The van der Waals surface area contributed by atoms with Crippen molar-refractivity contribution in [2.24, 2.45) is 0 Å². The van der Waals surface area contributed by atoms with Crippen LogP contribution in [0.15, 0.2) is 24.3 Å². The first kappa shape index (κ1) is 15.7. The quantitative estimate of drug-likeness (QED) is 0.846. The smallest absolute Gasteiger partial charge is 0.358 e. The van der Waals surface area contributed by atoms with Gasteiger partial charge in [-0.05, 0) is 25.3 Å². The van der Waals surface area contributed by atoms with Gasteiger partial charge >= 0.3 is 5.97 Å². The molecule has 0 amide bonds. The maximum atomic E-state index is 11.9. The highest BCUT2D eigenvalue weighted by Crippen LogP contribution is 2.39. The summed E-state index contributed by atoms with van der Waals surface area (Å²) in [6.45, 7) is 2.62. The molecule has 1 aromatic heterocycles. The molecule has 120 valence electrons. The fraction of sp³-hybridized carbons (Fsp3) is 0.353. The maximum Gasteiger partial charge on any atom is 0.358 e. The van der Waals surface area contributed by atoms with Gasteiger partial charge in [-0.2, -0.15) is 0 Å². The maximum absolute atomic E-state index is 11.9. The highest BCUT2D eigenvalue weighted by molar-refractivity contribution is 6.35. The van der Waals surface area contributed by atoms with Crippen LogP contribution in [0.25, 0.3) is 0 Å². The Balaban J connectivity index is 1.86. The van der Waals surface area contributed by atoms with Crippen molar-refractivity contribution in [3.8, 4) is 0 Å². The van der Waals surface area contributed by atoms with Crippen molar-refractivity contribution in [1.29, 1.82) is 0 Å². The molecule has 0 radical (unpaired) electrons. The number of aryl methyl sites for hydroxylation is 1. The van der Waals surface area contributed by atoms with Crippen LogP contribution in [0.2, 0.25) is 5.02 Å². The van der Waals surface area contributed by atoms with Crippen LogP contribution in [-0.2, 0) is 11.3 Å². The molecule has 6 heteroatoms. The molecular weight excluding hydrogens is 314 g/mol. The van der Waals surface area contributed by atoms with Gasteiger partial charge in [-0.15, -0.1) is 0 Å². The third kappa shape index (κ3) is 3.62. The Labute approximate surface area is 140 Å². The van der Waals surface area contributed by atoms with E-state index in [0.29, 0.717) is 24.1 Å². The van der Waals surface area contributed by atoms with Crippen LogP contribution >= 0.6 is 11.6 Å². The molecule has 0 aliphatic heterocycles. The monoisotopic (exact) mass is 331 g/mol. The van der Waals surface area contributed by atoms with Gasteiger partial charge in [0.05, 0.1) is 7.11 Å². The van der Waals surface area contributed by atoms with E-state index >= 15 is 0 Å². The van der Waals surface area contributed by atoms with E-state index in [1.165, 1.54) is 12.7 Å². The van der Waals surface area contributed by atoms with Gasteiger partial charge in [0.25, 0.3) is 0 Å². The molecule has 0 spiro atoms. The lowest BCUT2D eigenvalue weighted by atomic mass is 10.1. The van der Waals surface area contributed by atoms with Crippen LogP contribution < -0.4 is 5.32 Å². The number of halogens is 1. The Morgan fingerprint density at radius 3 is 2.61 bits per heavy atom. The summed E-state index contributed by atoms with van der Waals surface area (Å²) in [6, 6.07) is 8.18. The molecule has 0 bridgehead atoms. The zero-order chi connectivity index (χ0) is 16.4. The molecule has 5 nitrogen and oxygen atoms in total. The fourth-order valence-corrected chi connectivity index (χ4v) is 2.46. The van der Waals surface area contributed by atoms with Crippen molar-refractivity contribution < 1.29 is 9.53 Å². The minimum Gasteiger partial charge on any atom is -0.464 e. The summed E-state index contributed by atoms with van der Waals surface area (Å²) in [6.07, 6.45) is 2.08. The Kier molecular flexibility index (Phi) is 4.48. The van der Waals surface area contributed by atoms with Crippen LogP contribution in [0.1, 0.15) is 46.2 Å². The standard InChI is InChI=1S/C17H18ClN3O2/c1-10-3-5-11(6-4-10)9-19-16-13(18)14(17(22)23-2)20-15(21-16)12-7-8-12/h3-6,12H,7-9H2,1-2H3,(H,19,20,21). The van der Waals surface area contributed by atoms with Crippen molar-refractivity contribution in [1.82, 2.24) is 9.97 Å². The molecule has 1 fully saturated rings. The normalized spacial score (nSPS) is 13.7. The first-order valence-electron chi connectivity index (χ1n) is 7.53. The average Bonchev–Trinajstić information content (AvgIpc) is 3.39. The molecule has 1 heterocycles. The van der Waals surface area contributed by atoms with E-state index in [0.717, 1.165) is 18.4 Å². The van der Waals surface area contributed by atoms with Gasteiger partial charge in [0, 0.05) is 12.5 Å². The van der Waals surface area contributed by atoms with E-state index in [-0.39, 0.29) is 10.7 Å². The molecule has 1 saturated carbocycles. The number of esters is 1. The number of anilines is 1. The molecule has 1 aromatic carbocycles. The third-order valence-corrected chi connectivity index (χ3v) is 4.13. The molecule has 23 heavy (non-hydrogen) atoms. The fourth-order valence-electron chi connectivity index (χ4n) is 2.23. The van der Waals surface area contributed by atoms with E-state index < -0.39 is 5.97 Å². The molecule has 0 saturated heterocycles. The summed E-state index contributed by atoms with van der Waals surface area (Å²) < 4.78 is 4.76. The highest BCUT2D eigenvalue weighted by Gasteiger charge is 2.30. The number of ether oxygens (including phenoxy) is 1. The van der Waals surface area contributed by atoms with Crippen molar-refractivity contribution >= 4 is 23.4 Å². The number of aromatic nitrogens is 2. The van der Waals surface area contributed by atoms with Crippen molar-refractivity contribution in [3.63, 3.8) is 0 Å². The Morgan fingerprint density at radius 1 is 1.30 bits per heavy atom. The van der Waals surface area contributed by atoms with Crippen molar-refractivity contribution in [2.75, 3.05) is 12.4 Å². The second-order valence-electron chi connectivity index (χ2n) is 5.70. The zero-order valence-electron chi connectivity index (χ0n) is 13.1. The predicted octanol–water partition coefficient (Wildman–Crippen LogP) is 3.71. The number of nitrogens with zero attached hydrogens (tertiary/aromatic N) is 2. The first-order chi connectivity index (χ1) is 11.1. The highest BCUT2D eigenvalue weighted by atomic mass is 35.5. The Hall–Kier alpha value is -2.14. The number of rotatable bonds is 5. The van der Waals surface area contributed by atoms with E-state index in [1.807, 2.05) is 31.2 Å². The number of carbonyl (C=O) groups is 1. The van der Waals surface area contributed by atoms with Crippen molar-refractivity contribution in [2.45, 2.75) is 32.2 Å². The number of hydrogen-bond acceptors (Lipinski definition) is 5. The summed E-state index contributed by atoms with van der Waals surface area (Å²) in [5, 5.41) is 3.40. The van der Waals surface area contributed by atoms with E-state index in [4.69, 9.17) is 16.3 Å². The van der Waals surface area contributed by atoms with Crippen LogP contribution in [-0.4, -0.2) is 23.0 Å². The van der Waals surface area contributed by atoms with Gasteiger partial charge in [-0.1, -0.05) is 41.4 Å². The van der Waals surface area contributed by atoms with E-state index in [9.17, 15) is 4.79 Å². The SMILES string of the molecule is COC(=O)c1nc(C2CC2)nc(NCc2ccc(C)cc2)c1Cl. The van der Waals surface area contributed by atoms with E-state index in [1.54, 1.807) is 0 Å². The Bertz CT molecular complexity index is 727. The van der Waals surface area contributed by atoms with Gasteiger partial charge in [-0.25, -0.2) is 14.8 Å². The minimum absolute atomic E-state index is 0.123. The number of methoxy groups -OCH3 is 1.